The standard InChI is InChI=1S/C25H45BO4Si/c1-23(2,3)31(8,9)30-18-12-10-11-17-29-22-20(26(27)28)14-13-19-21(22)25(6,7)16-15-24(19,4)5/h13-14,27-28H,10-12,15-18H2,1-9H3. The predicted molar refractivity (Wildman–Crippen MR) is 134 cm³/mol. The van der Waals surface area contributed by atoms with Gasteiger partial charge in [0.15, 0.2) is 8.32 Å². The largest absolute Gasteiger partial charge is 0.494 e. The van der Waals surface area contributed by atoms with Crippen LogP contribution in [0.25, 0.3) is 0 Å². The molecular weight excluding hydrogens is 403 g/mol. The second-order valence-electron chi connectivity index (χ2n) is 12.1. The summed E-state index contributed by atoms with van der Waals surface area (Å²) in [6, 6.07) is 3.89. The third kappa shape index (κ3) is 6.16. The van der Waals surface area contributed by atoms with Crippen LogP contribution in [-0.2, 0) is 15.3 Å². The predicted octanol–water partition coefficient (Wildman–Crippen LogP) is 5.29. The second-order valence-corrected chi connectivity index (χ2v) is 16.9. The summed E-state index contributed by atoms with van der Waals surface area (Å²) in [7, 11) is -3.21. The molecule has 176 valence electrons. The Morgan fingerprint density at radius 3 is 2.10 bits per heavy atom. The summed E-state index contributed by atoms with van der Waals surface area (Å²) in [5.74, 6) is 0.683. The van der Waals surface area contributed by atoms with Crippen LogP contribution in [0.15, 0.2) is 12.1 Å². The highest BCUT2D eigenvalue weighted by Crippen LogP contribution is 2.48. The molecule has 4 nitrogen and oxygen atoms in total. The minimum atomic E-state index is -1.68. The molecule has 6 heteroatoms. The van der Waals surface area contributed by atoms with E-state index in [-0.39, 0.29) is 15.9 Å². The van der Waals surface area contributed by atoms with Gasteiger partial charge in [0.2, 0.25) is 0 Å². The smallest absolute Gasteiger partial charge is 0.492 e. The third-order valence-corrected chi connectivity index (χ3v) is 12.1. The van der Waals surface area contributed by atoms with Crippen molar-refractivity contribution in [2.24, 2.45) is 0 Å². The summed E-state index contributed by atoms with van der Waals surface area (Å²) in [5, 5.41) is 20.2. The van der Waals surface area contributed by atoms with Gasteiger partial charge in [-0.1, -0.05) is 60.6 Å². The number of fused-ring (bicyclic) bond motifs is 1. The Balaban J connectivity index is 2.04. The number of benzene rings is 1. The van der Waals surface area contributed by atoms with E-state index in [0.717, 1.165) is 44.3 Å². The van der Waals surface area contributed by atoms with Gasteiger partial charge in [0.05, 0.1) is 6.61 Å². The van der Waals surface area contributed by atoms with Gasteiger partial charge in [0.1, 0.15) is 5.75 Å². The van der Waals surface area contributed by atoms with Gasteiger partial charge in [-0.3, -0.25) is 0 Å². The second kappa shape index (κ2) is 9.58. The van der Waals surface area contributed by atoms with Crippen molar-refractivity contribution < 1.29 is 19.2 Å². The van der Waals surface area contributed by atoms with Crippen LogP contribution in [-0.4, -0.2) is 38.7 Å². The lowest BCUT2D eigenvalue weighted by Crippen LogP contribution is -2.40. The molecule has 0 bridgehead atoms. The summed E-state index contributed by atoms with van der Waals surface area (Å²) >= 11 is 0. The summed E-state index contributed by atoms with van der Waals surface area (Å²) in [5.41, 5.74) is 2.90. The number of unbranched alkanes of at least 4 members (excludes halogenated alkanes) is 2. The molecular formula is C25H45BO4Si. The maximum absolute atomic E-state index is 9.98. The van der Waals surface area contributed by atoms with Crippen LogP contribution in [0.4, 0.5) is 0 Å². The zero-order chi connectivity index (χ0) is 23.7. The summed E-state index contributed by atoms with van der Waals surface area (Å²) in [4.78, 5) is 0. The van der Waals surface area contributed by atoms with Crippen molar-refractivity contribution in [3.05, 3.63) is 23.3 Å². The summed E-state index contributed by atoms with van der Waals surface area (Å²) < 4.78 is 12.5. The Morgan fingerprint density at radius 1 is 0.935 bits per heavy atom. The van der Waals surface area contributed by atoms with Crippen LogP contribution >= 0.6 is 0 Å². The maximum Gasteiger partial charge on any atom is 0.492 e. The molecule has 2 N–H and O–H groups in total. The van der Waals surface area contributed by atoms with Crippen molar-refractivity contribution in [2.45, 2.75) is 110 Å². The Hall–Kier alpha value is -0.818. The number of hydrogen-bond acceptors (Lipinski definition) is 4. The third-order valence-electron chi connectivity index (χ3n) is 7.55. The molecule has 0 aromatic heterocycles. The van der Waals surface area contributed by atoms with E-state index >= 15 is 0 Å². The molecule has 31 heavy (non-hydrogen) atoms. The minimum Gasteiger partial charge on any atom is -0.494 e. The topological polar surface area (TPSA) is 58.9 Å². The van der Waals surface area contributed by atoms with Gasteiger partial charge < -0.3 is 19.2 Å². The highest BCUT2D eigenvalue weighted by Gasteiger charge is 2.41. The van der Waals surface area contributed by atoms with Gasteiger partial charge >= 0.3 is 7.12 Å². The first-order valence-corrected chi connectivity index (χ1v) is 14.8. The lowest BCUT2D eigenvalue weighted by molar-refractivity contribution is 0.257. The van der Waals surface area contributed by atoms with Crippen molar-refractivity contribution in [2.75, 3.05) is 13.2 Å². The average Bonchev–Trinajstić information content (AvgIpc) is 2.63. The molecule has 0 heterocycles. The highest BCUT2D eigenvalue weighted by atomic mass is 28.4. The molecule has 1 aromatic carbocycles. The molecule has 0 atom stereocenters. The van der Waals surface area contributed by atoms with E-state index in [0.29, 0.717) is 17.8 Å². The first-order chi connectivity index (χ1) is 14.1. The number of rotatable bonds is 9. The summed E-state index contributed by atoms with van der Waals surface area (Å²) in [6.07, 6.45) is 5.16. The monoisotopic (exact) mass is 448 g/mol. The zero-order valence-electron chi connectivity index (χ0n) is 21.4. The van der Waals surface area contributed by atoms with E-state index in [1.165, 1.54) is 5.56 Å². The lowest BCUT2D eigenvalue weighted by Gasteiger charge is -2.43. The van der Waals surface area contributed by atoms with Crippen molar-refractivity contribution in [3.8, 4) is 5.75 Å². The Labute approximate surface area is 192 Å². The van der Waals surface area contributed by atoms with E-state index in [2.05, 4.69) is 67.6 Å². The quantitative estimate of drug-likeness (QED) is 0.398. The number of ether oxygens (including phenoxy) is 1. The van der Waals surface area contributed by atoms with Gasteiger partial charge in [-0.2, -0.15) is 0 Å². The first kappa shape index (κ1) is 26.4. The first-order valence-electron chi connectivity index (χ1n) is 11.9. The van der Waals surface area contributed by atoms with Crippen molar-refractivity contribution in [1.29, 1.82) is 0 Å². The van der Waals surface area contributed by atoms with E-state index in [1.807, 2.05) is 6.07 Å². The van der Waals surface area contributed by atoms with Crippen molar-refractivity contribution in [1.82, 2.24) is 0 Å². The summed E-state index contributed by atoms with van der Waals surface area (Å²) in [6.45, 7) is 21.8. The molecule has 0 amide bonds. The Morgan fingerprint density at radius 2 is 1.52 bits per heavy atom. The van der Waals surface area contributed by atoms with Gasteiger partial charge in [0, 0.05) is 17.6 Å². The van der Waals surface area contributed by atoms with Crippen molar-refractivity contribution >= 4 is 20.9 Å². The normalized spacial score (nSPS) is 17.9. The molecule has 1 aliphatic rings. The van der Waals surface area contributed by atoms with E-state index < -0.39 is 15.4 Å². The van der Waals surface area contributed by atoms with E-state index in [9.17, 15) is 10.0 Å². The fourth-order valence-corrected chi connectivity index (χ4v) is 5.26. The molecule has 1 aliphatic carbocycles. The molecule has 2 rings (SSSR count). The van der Waals surface area contributed by atoms with Gasteiger partial charge in [-0.15, -0.1) is 0 Å². The fourth-order valence-electron chi connectivity index (χ4n) is 4.18. The van der Waals surface area contributed by atoms with Crippen LogP contribution < -0.4 is 10.2 Å². The van der Waals surface area contributed by atoms with E-state index in [4.69, 9.17) is 9.16 Å². The average molecular weight is 449 g/mol. The van der Waals surface area contributed by atoms with Crippen LogP contribution in [0.1, 0.15) is 91.7 Å². The minimum absolute atomic E-state index is 0.0535. The SMILES string of the molecule is CC1(C)CCC(C)(C)c2c1ccc(B(O)O)c2OCCCCCO[Si](C)(C)C(C)(C)C. The van der Waals surface area contributed by atoms with Crippen LogP contribution in [0, 0.1) is 0 Å². The van der Waals surface area contributed by atoms with E-state index in [1.54, 1.807) is 0 Å². The maximum atomic E-state index is 9.98. The Kier molecular flexibility index (Phi) is 8.17. The van der Waals surface area contributed by atoms with Crippen LogP contribution in [0.2, 0.25) is 18.1 Å². The molecule has 0 spiro atoms. The highest BCUT2D eigenvalue weighted by molar-refractivity contribution is 6.74. The van der Waals surface area contributed by atoms with Crippen LogP contribution in [0.3, 0.4) is 0 Å². The molecule has 0 saturated heterocycles. The van der Waals surface area contributed by atoms with Gasteiger partial charge in [0.25, 0.3) is 0 Å². The number of hydrogen-bond donors (Lipinski definition) is 2. The lowest BCUT2D eigenvalue weighted by atomic mass is 9.61. The molecule has 0 saturated carbocycles. The molecule has 0 radical (unpaired) electrons. The molecule has 0 aliphatic heterocycles. The van der Waals surface area contributed by atoms with Crippen LogP contribution in [0.5, 0.6) is 5.75 Å². The van der Waals surface area contributed by atoms with Gasteiger partial charge in [-0.25, -0.2) is 0 Å². The van der Waals surface area contributed by atoms with Gasteiger partial charge in [-0.05, 0) is 66.6 Å². The molecule has 0 fully saturated rings. The Bertz CT molecular complexity index is 751. The molecule has 0 unspecified atom stereocenters. The molecule has 1 aromatic rings. The fraction of sp³-hybridized carbons (Fsp3) is 0.760. The zero-order valence-corrected chi connectivity index (χ0v) is 22.4. The van der Waals surface area contributed by atoms with Crippen molar-refractivity contribution in [3.63, 3.8) is 0 Å².